The molecule has 0 bridgehead atoms. The molecule has 0 radical (unpaired) electrons. The topological polar surface area (TPSA) is 53.4 Å². The minimum absolute atomic E-state index is 0.0321. The highest BCUT2D eigenvalue weighted by Crippen LogP contribution is 2.23. The van der Waals surface area contributed by atoms with Gasteiger partial charge in [-0.25, -0.2) is 4.98 Å². The molecule has 1 saturated heterocycles. The van der Waals surface area contributed by atoms with E-state index >= 15 is 0 Å². The van der Waals surface area contributed by atoms with Crippen LogP contribution < -0.4 is 4.90 Å². The lowest BCUT2D eigenvalue weighted by molar-refractivity contribution is -0.136. The average Bonchev–Trinajstić information content (AvgIpc) is 2.53. The molecule has 0 aliphatic carbocycles. The number of carboxylic acid groups (broad SMARTS) is 1. The lowest BCUT2D eigenvalue weighted by Crippen LogP contribution is -2.23. The summed E-state index contributed by atoms with van der Waals surface area (Å²) in [4.78, 5) is 17.2. The van der Waals surface area contributed by atoms with Crippen LogP contribution in [0.4, 0.5) is 5.13 Å². The van der Waals surface area contributed by atoms with Gasteiger partial charge in [-0.15, -0.1) is 11.3 Å². The van der Waals surface area contributed by atoms with Crippen LogP contribution in [0.15, 0.2) is 5.38 Å². The van der Waals surface area contributed by atoms with Crippen molar-refractivity contribution < 1.29 is 9.90 Å². The number of thiazole rings is 1. The van der Waals surface area contributed by atoms with E-state index in [2.05, 4.69) is 9.88 Å². The second kappa shape index (κ2) is 5.30. The molecule has 1 N–H and O–H groups in total. The molecule has 0 unspecified atom stereocenters. The maximum absolute atomic E-state index is 10.6. The van der Waals surface area contributed by atoms with Crippen molar-refractivity contribution in [1.82, 2.24) is 4.98 Å². The SMILES string of the molecule is O=C(O)Cc1csc(N2CCCCCC2)n1. The predicted molar refractivity (Wildman–Crippen MR) is 64.1 cm³/mol. The first-order chi connectivity index (χ1) is 7.75. The molecule has 0 atom stereocenters. The number of rotatable bonds is 3. The van der Waals surface area contributed by atoms with E-state index in [1.165, 1.54) is 25.7 Å². The molecule has 0 aromatic carbocycles. The third-order valence-corrected chi connectivity index (χ3v) is 3.70. The van der Waals surface area contributed by atoms with Crippen molar-refractivity contribution >= 4 is 22.4 Å². The Bertz CT molecular complexity index is 357. The maximum atomic E-state index is 10.6. The fraction of sp³-hybridized carbons (Fsp3) is 0.636. The summed E-state index contributed by atoms with van der Waals surface area (Å²) >= 11 is 1.56. The van der Waals surface area contributed by atoms with E-state index in [4.69, 9.17) is 5.11 Å². The molecule has 2 rings (SSSR count). The second-order valence-electron chi connectivity index (χ2n) is 4.09. The van der Waals surface area contributed by atoms with Crippen molar-refractivity contribution in [3.63, 3.8) is 0 Å². The highest BCUT2D eigenvalue weighted by Gasteiger charge is 2.14. The monoisotopic (exact) mass is 240 g/mol. The first kappa shape index (κ1) is 11.4. The van der Waals surface area contributed by atoms with Crippen molar-refractivity contribution in [2.45, 2.75) is 32.1 Å². The van der Waals surface area contributed by atoms with Crippen LogP contribution in [0.5, 0.6) is 0 Å². The number of nitrogens with zero attached hydrogens (tertiary/aromatic N) is 2. The van der Waals surface area contributed by atoms with Crippen LogP contribution in [-0.4, -0.2) is 29.1 Å². The van der Waals surface area contributed by atoms with Gasteiger partial charge < -0.3 is 10.0 Å². The molecule has 16 heavy (non-hydrogen) atoms. The van der Waals surface area contributed by atoms with Crippen LogP contribution >= 0.6 is 11.3 Å². The Labute approximate surface area is 98.9 Å². The summed E-state index contributed by atoms with van der Waals surface area (Å²) in [5.41, 5.74) is 0.678. The molecule has 1 aromatic heterocycles. The Morgan fingerprint density at radius 2 is 2.06 bits per heavy atom. The van der Waals surface area contributed by atoms with Gasteiger partial charge in [-0.2, -0.15) is 0 Å². The molecule has 1 fully saturated rings. The third-order valence-electron chi connectivity index (χ3n) is 2.75. The van der Waals surface area contributed by atoms with E-state index in [-0.39, 0.29) is 6.42 Å². The minimum Gasteiger partial charge on any atom is -0.481 e. The predicted octanol–water partition coefficient (Wildman–Crippen LogP) is 2.15. The Hall–Kier alpha value is -1.10. The standard InChI is InChI=1S/C11H16N2O2S/c14-10(15)7-9-8-16-11(12-9)13-5-3-1-2-4-6-13/h8H,1-7H2,(H,14,15). The summed E-state index contributed by atoms with van der Waals surface area (Å²) in [5.74, 6) is -0.812. The van der Waals surface area contributed by atoms with Gasteiger partial charge in [0.25, 0.3) is 0 Å². The van der Waals surface area contributed by atoms with E-state index < -0.39 is 5.97 Å². The summed E-state index contributed by atoms with van der Waals surface area (Å²) < 4.78 is 0. The Morgan fingerprint density at radius 3 is 2.69 bits per heavy atom. The van der Waals surface area contributed by atoms with Crippen molar-refractivity contribution in [3.8, 4) is 0 Å². The molecule has 1 aromatic rings. The number of anilines is 1. The van der Waals surface area contributed by atoms with Crippen molar-refractivity contribution in [2.75, 3.05) is 18.0 Å². The normalized spacial score (nSPS) is 17.1. The average molecular weight is 240 g/mol. The van der Waals surface area contributed by atoms with E-state index in [1.807, 2.05) is 5.38 Å². The number of carboxylic acids is 1. The van der Waals surface area contributed by atoms with Gasteiger partial charge in [-0.05, 0) is 12.8 Å². The Balaban J connectivity index is 2.02. The minimum atomic E-state index is -0.812. The Kier molecular flexibility index (Phi) is 3.77. The lowest BCUT2D eigenvalue weighted by atomic mass is 10.2. The largest absolute Gasteiger partial charge is 0.481 e. The summed E-state index contributed by atoms with van der Waals surface area (Å²) in [5, 5.41) is 11.5. The molecular weight excluding hydrogens is 224 g/mol. The van der Waals surface area contributed by atoms with Gasteiger partial charge in [0.1, 0.15) is 0 Å². The highest BCUT2D eigenvalue weighted by atomic mass is 32.1. The van der Waals surface area contributed by atoms with Crippen LogP contribution in [0.25, 0.3) is 0 Å². The molecule has 2 heterocycles. The molecular formula is C11H16N2O2S. The molecule has 4 nitrogen and oxygen atoms in total. The van der Waals surface area contributed by atoms with Crippen molar-refractivity contribution in [3.05, 3.63) is 11.1 Å². The zero-order valence-corrected chi connectivity index (χ0v) is 10.0. The van der Waals surface area contributed by atoms with E-state index in [1.54, 1.807) is 11.3 Å². The molecule has 5 heteroatoms. The number of aliphatic carboxylic acids is 1. The van der Waals surface area contributed by atoms with Gasteiger partial charge in [-0.3, -0.25) is 4.79 Å². The first-order valence-corrected chi connectivity index (χ1v) is 6.55. The summed E-state index contributed by atoms with van der Waals surface area (Å²) in [6, 6.07) is 0. The molecule has 0 amide bonds. The van der Waals surface area contributed by atoms with Crippen LogP contribution in [-0.2, 0) is 11.2 Å². The molecule has 88 valence electrons. The summed E-state index contributed by atoms with van der Waals surface area (Å²) in [6.45, 7) is 2.11. The maximum Gasteiger partial charge on any atom is 0.309 e. The van der Waals surface area contributed by atoms with Gasteiger partial charge in [0, 0.05) is 18.5 Å². The number of aromatic nitrogens is 1. The second-order valence-corrected chi connectivity index (χ2v) is 4.93. The number of hydrogen-bond donors (Lipinski definition) is 1. The zero-order chi connectivity index (χ0) is 11.4. The fourth-order valence-corrected chi connectivity index (χ4v) is 2.82. The molecule has 1 aliphatic rings. The quantitative estimate of drug-likeness (QED) is 0.879. The third kappa shape index (κ3) is 2.95. The first-order valence-electron chi connectivity index (χ1n) is 5.67. The van der Waals surface area contributed by atoms with Crippen LogP contribution in [0.2, 0.25) is 0 Å². The summed E-state index contributed by atoms with van der Waals surface area (Å²) in [7, 11) is 0. The van der Waals surface area contributed by atoms with E-state index in [0.29, 0.717) is 5.69 Å². The van der Waals surface area contributed by atoms with Crippen molar-refractivity contribution in [2.24, 2.45) is 0 Å². The van der Waals surface area contributed by atoms with Gasteiger partial charge in [0.05, 0.1) is 12.1 Å². The Morgan fingerprint density at radius 1 is 1.38 bits per heavy atom. The zero-order valence-electron chi connectivity index (χ0n) is 9.19. The van der Waals surface area contributed by atoms with E-state index in [0.717, 1.165) is 18.2 Å². The van der Waals surface area contributed by atoms with Crippen LogP contribution in [0, 0.1) is 0 Å². The fourth-order valence-electron chi connectivity index (χ4n) is 1.94. The molecule has 0 spiro atoms. The van der Waals surface area contributed by atoms with Gasteiger partial charge >= 0.3 is 5.97 Å². The van der Waals surface area contributed by atoms with Gasteiger partial charge in [0.2, 0.25) is 0 Å². The van der Waals surface area contributed by atoms with Crippen molar-refractivity contribution in [1.29, 1.82) is 0 Å². The van der Waals surface area contributed by atoms with Gasteiger partial charge in [0.15, 0.2) is 5.13 Å². The smallest absolute Gasteiger partial charge is 0.309 e. The van der Waals surface area contributed by atoms with Crippen LogP contribution in [0.1, 0.15) is 31.4 Å². The molecule has 0 saturated carbocycles. The molecule has 1 aliphatic heterocycles. The van der Waals surface area contributed by atoms with E-state index in [9.17, 15) is 4.79 Å². The number of carbonyl (C=O) groups is 1. The lowest BCUT2D eigenvalue weighted by Gasteiger charge is -2.18. The van der Waals surface area contributed by atoms with Gasteiger partial charge in [-0.1, -0.05) is 12.8 Å². The van der Waals surface area contributed by atoms with Crippen LogP contribution in [0.3, 0.4) is 0 Å². The summed E-state index contributed by atoms with van der Waals surface area (Å²) in [6.07, 6.45) is 5.06. The highest BCUT2D eigenvalue weighted by molar-refractivity contribution is 7.13. The number of hydrogen-bond acceptors (Lipinski definition) is 4.